The second kappa shape index (κ2) is 11.4. The molecule has 1 aliphatic rings. The minimum atomic E-state index is -0.0944. The number of anilines is 4. The monoisotopic (exact) mass is 567 g/mol. The van der Waals surface area contributed by atoms with Crippen LogP contribution in [0.3, 0.4) is 0 Å². The van der Waals surface area contributed by atoms with Crippen LogP contribution in [0.1, 0.15) is 17.7 Å². The number of benzene rings is 1. The van der Waals surface area contributed by atoms with Crippen molar-refractivity contribution in [3.63, 3.8) is 0 Å². The fourth-order valence-electron chi connectivity index (χ4n) is 5.08. The van der Waals surface area contributed by atoms with E-state index >= 15 is 0 Å². The van der Waals surface area contributed by atoms with Crippen molar-refractivity contribution in [3.8, 4) is 17.3 Å². The van der Waals surface area contributed by atoms with Crippen LogP contribution in [0.25, 0.3) is 22.2 Å². The lowest BCUT2D eigenvalue weighted by Gasteiger charge is -2.16. The number of aromatic amines is 1. The van der Waals surface area contributed by atoms with Crippen molar-refractivity contribution in [3.05, 3.63) is 60.2 Å². The third-order valence-corrected chi connectivity index (χ3v) is 7.33. The first-order chi connectivity index (χ1) is 20.4. The van der Waals surface area contributed by atoms with Crippen LogP contribution in [0.2, 0.25) is 0 Å². The molecule has 0 unspecified atom stereocenters. The number of aromatic nitrogens is 7. The average molecular weight is 568 g/mol. The molecule has 0 aliphatic carbocycles. The third-order valence-electron chi connectivity index (χ3n) is 7.33. The highest BCUT2D eigenvalue weighted by atomic mass is 16.5. The molecule has 1 aliphatic heterocycles. The highest BCUT2D eigenvalue weighted by Gasteiger charge is 2.26. The van der Waals surface area contributed by atoms with Gasteiger partial charge >= 0.3 is 6.01 Å². The van der Waals surface area contributed by atoms with Gasteiger partial charge in [-0.3, -0.25) is 14.4 Å². The van der Waals surface area contributed by atoms with E-state index in [4.69, 9.17) is 9.72 Å². The number of para-hydroxylation sites is 1. The van der Waals surface area contributed by atoms with Gasteiger partial charge in [0, 0.05) is 68.5 Å². The van der Waals surface area contributed by atoms with Gasteiger partial charge in [0.25, 0.3) is 0 Å². The minimum Gasteiger partial charge on any atom is -0.459 e. The number of fused-ring (bicyclic) bond motifs is 1. The molecular formula is C29H33N11O2. The van der Waals surface area contributed by atoms with Gasteiger partial charge in [-0.2, -0.15) is 10.1 Å². The van der Waals surface area contributed by atoms with Crippen LogP contribution in [0, 0.1) is 13.8 Å². The normalized spacial score (nSPS) is 15.2. The van der Waals surface area contributed by atoms with Gasteiger partial charge in [-0.1, -0.05) is 12.1 Å². The smallest absolute Gasteiger partial charge is 0.318 e. The van der Waals surface area contributed by atoms with Gasteiger partial charge in [0.15, 0.2) is 5.82 Å². The number of H-pyrrole nitrogens is 1. The van der Waals surface area contributed by atoms with Crippen molar-refractivity contribution >= 4 is 40.1 Å². The van der Waals surface area contributed by atoms with Gasteiger partial charge in [0.05, 0.1) is 23.4 Å². The maximum atomic E-state index is 13.1. The first-order valence-electron chi connectivity index (χ1n) is 13.8. The van der Waals surface area contributed by atoms with Crippen LogP contribution in [0.5, 0.6) is 6.01 Å². The second-order valence-electron chi connectivity index (χ2n) is 10.4. The first-order valence-corrected chi connectivity index (χ1v) is 13.8. The van der Waals surface area contributed by atoms with Crippen molar-refractivity contribution in [2.45, 2.75) is 26.4 Å². The lowest BCUT2D eigenvalue weighted by Crippen LogP contribution is -2.33. The molecule has 0 radical (unpaired) electrons. The highest BCUT2D eigenvalue weighted by Crippen LogP contribution is 2.33. The van der Waals surface area contributed by atoms with Gasteiger partial charge in [-0.05, 0) is 38.0 Å². The van der Waals surface area contributed by atoms with Crippen molar-refractivity contribution in [1.29, 1.82) is 0 Å². The number of rotatable bonds is 9. The number of hydrogen-bond donors (Lipinski definition) is 4. The molecule has 1 fully saturated rings. The molecule has 1 saturated heterocycles. The maximum Gasteiger partial charge on any atom is 0.318 e. The van der Waals surface area contributed by atoms with Crippen LogP contribution in [-0.4, -0.2) is 78.3 Å². The van der Waals surface area contributed by atoms with E-state index in [0.717, 1.165) is 46.4 Å². The zero-order valence-electron chi connectivity index (χ0n) is 24.0. The summed E-state index contributed by atoms with van der Waals surface area (Å²) in [5, 5.41) is 14.6. The SMILES string of the molecule is CNc1ccnc(O[C@H]2CCN(CC(=O)Nc3cccc4c(-c5nc(Nc6cc(C)n(C)n6)ncc5C)c[nH]c34)C2)n1. The van der Waals surface area contributed by atoms with Crippen LogP contribution in [-0.2, 0) is 11.8 Å². The fraction of sp³-hybridized carbons (Fsp3) is 0.310. The Hall–Kier alpha value is -5.04. The van der Waals surface area contributed by atoms with Gasteiger partial charge in [0.2, 0.25) is 11.9 Å². The van der Waals surface area contributed by atoms with Gasteiger partial charge in [0.1, 0.15) is 11.9 Å². The Labute approximate surface area is 242 Å². The molecule has 0 bridgehead atoms. The third kappa shape index (κ3) is 5.72. The van der Waals surface area contributed by atoms with Crippen molar-refractivity contribution in [2.75, 3.05) is 42.6 Å². The minimum absolute atomic E-state index is 0.0727. The van der Waals surface area contributed by atoms with Gasteiger partial charge in [-0.25, -0.2) is 15.0 Å². The number of amides is 1. The molecule has 5 heterocycles. The molecule has 0 saturated carbocycles. The molecule has 42 heavy (non-hydrogen) atoms. The predicted octanol–water partition coefficient (Wildman–Crippen LogP) is 3.64. The molecular weight excluding hydrogens is 534 g/mol. The Morgan fingerprint density at radius 2 is 2.05 bits per heavy atom. The largest absolute Gasteiger partial charge is 0.459 e. The zero-order chi connectivity index (χ0) is 29.2. The first kappa shape index (κ1) is 27.1. The number of ether oxygens (including phenoxy) is 1. The molecule has 216 valence electrons. The van der Waals surface area contributed by atoms with Crippen LogP contribution in [0.15, 0.2) is 48.9 Å². The Kier molecular flexibility index (Phi) is 7.40. The van der Waals surface area contributed by atoms with E-state index in [-0.39, 0.29) is 18.6 Å². The van der Waals surface area contributed by atoms with Crippen LogP contribution in [0.4, 0.5) is 23.3 Å². The molecule has 4 aromatic heterocycles. The summed E-state index contributed by atoms with van der Waals surface area (Å²) in [6.07, 6.45) is 6.09. The number of nitrogens with one attached hydrogen (secondary N) is 4. The van der Waals surface area contributed by atoms with E-state index in [2.05, 4.69) is 45.9 Å². The van der Waals surface area contributed by atoms with Gasteiger partial charge in [-0.15, -0.1) is 0 Å². The van der Waals surface area contributed by atoms with Crippen LogP contribution >= 0.6 is 0 Å². The molecule has 1 aromatic carbocycles. The standard InChI is InChI=1S/C29H33N11O2/c1-17-13-33-28(35-24-12-18(2)39(4)38-24)37-26(17)21-14-32-27-20(21)6-5-7-22(27)34-25(41)16-40-11-9-19(15-40)42-29-31-10-8-23(30-3)36-29/h5-8,10,12-14,19,32H,9,11,15-16H2,1-4H3,(H,34,41)(H,30,31,36)(H,33,35,37,38)/t19-/m0/s1. The molecule has 13 nitrogen and oxygen atoms in total. The molecule has 5 aromatic rings. The number of nitrogens with zero attached hydrogens (tertiary/aromatic N) is 7. The second-order valence-corrected chi connectivity index (χ2v) is 10.4. The van der Waals surface area contributed by atoms with Crippen LogP contribution < -0.4 is 20.7 Å². The maximum absolute atomic E-state index is 13.1. The quantitative estimate of drug-likeness (QED) is 0.208. The Morgan fingerprint density at radius 1 is 1.17 bits per heavy atom. The predicted molar refractivity (Wildman–Crippen MR) is 161 cm³/mol. The highest BCUT2D eigenvalue weighted by molar-refractivity contribution is 6.06. The summed E-state index contributed by atoms with van der Waals surface area (Å²) in [5.41, 5.74) is 5.22. The fourth-order valence-corrected chi connectivity index (χ4v) is 5.08. The summed E-state index contributed by atoms with van der Waals surface area (Å²) in [6, 6.07) is 9.89. The Balaban J connectivity index is 1.13. The van der Waals surface area contributed by atoms with E-state index in [0.29, 0.717) is 35.8 Å². The number of carbonyl (C=O) groups is 1. The lowest BCUT2D eigenvalue weighted by atomic mass is 10.1. The van der Waals surface area contributed by atoms with E-state index in [1.54, 1.807) is 30.2 Å². The van der Waals surface area contributed by atoms with E-state index < -0.39 is 0 Å². The summed E-state index contributed by atoms with van der Waals surface area (Å²) >= 11 is 0. The summed E-state index contributed by atoms with van der Waals surface area (Å²) in [4.78, 5) is 36.2. The van der Waals surface area contributed by atoms with Crippen molar-refractivity contribution < 1.29 is 9.53 Å². The number of hydrogen-bond acceptors (Lipinski definition) is 10. The summed E-state index contributed by atoms with van der Waals surface area (Å²) in [5.74, 6) is 1.74. The van der Waals surface area contributed by atoms with E-state index in [9.17, 15) is 4.79 Å². The molecule has 6 rings (SSSR count). The van der Waals surface area contributed by atoms with Crippen molar-refractivity contribution in [1.82, 2.24) is 39.6 Å². The van der Waals surface area contributed by atoms with Crippen molar-refractivity contribution in [2.24, 2.45) is 7.05 Å². The summed E-state index contributed by atoms with van der Waals surface area (Å²) in [7, 11) is 3.69. The lowest BCUT2D eigenvalue weighted by molar-refractivity contribution is -0.117. The summed E-state index contributed by atoms with van der Waals surface area (Å²) < 4.78 is 7.74. The molecule has 13 heteroatoms. The average Bonchev–Trinajstić information content (AvgIpc) is 3.69. The Morgan fingerprint density at radius 3 is 2.86 bits per heavy atom. The molecule has 0 spiro atoms. The number of likely N-dealkylation sites (tertiary alicyclic amines) is 1. The molecule has 4 N–H and O–H groups in total. The molecule has 1 atom stereocenters. The van der Waals surface area contributed by atoms with Gasteiger partial charge < -0.3 is 25.7 Å². The van der Waals surface area contributed by atoms with E-state index in [1.807, 2.05) is 51.4 Å². The summed E-state index contributed by atoms with van der Waals surface area (Å²) in [6.45, 7) is 5.60. The number of aryl methyl sites for hydroxylation is 3. The number of carbonyl (C=O) groups excluding carboxylic acids is 1. The topological polar surface area (TPSA) is 151 Å². The Bertz CT molecular complexity index is 1730. The van der Waals surface area contributed by atoms with E-state index in [1.165, 1.54) is 0 Å². The molecule has 1 amide bonds. The zero-order valence-corrected chi connectivity index (χ0v) is 24.0.